The van der Waals surface area contributed by atoms with E-state index < -0.39 is 0 Å². The SMILES string of the molecule is CC1CC1CN(C)C(=O)C1CNCc2ccccc21. The van der Waals surface area contributed by atoms with E-state index in [1.54, 1.807) is 0 Å². The highest BCUT2D eigenvalue weighted by atomic mass is 16.2. The Morgan fingerprint density at radius 1 is 1.42 bits per heavy atom. The molecule has 0 saturated heterocycles. The van der Waals surface area contributed by atoms with Gasteiger partial charge in [-0.1, -0.05) is 31.2 Å². The molecule has 1 heterocycles. The van der Waals surface area contributed by atoms with E-state index in [0.717, 1.165) is 31.5 Å². The topological polar surface area (TPSA) is 32.3 Å². The van der Waals surface area contributed by atoms with Crippen LogP contribution in [0.15, 0.2) is 24.3 Å². The second kappa shape index (κ2) is 4.97. The van der Waals surface area contributed by atoms with E-state index in [1.165, 1.54) is 17.5 Å². The largest absolute Gasteiger partial charge is 0.345 e. The van der Waals surface area contributed by atoms with Gasteiger partial charge in [0.05, 0.1) is 5.92 Å². The minimum atomic E-state index is -0.0102. The lowest BCUT2D eigenvalue weighted by atomic mass is 9.90. The standard InChI is InChI=1S/C16H22N2O/c1-11-7-13(11)10-18(2)16(19)15-9-17-8-12-5-3-4-6-14(12)15/h3-6,11,13,15,17H,7-10H2,1-2H3. The number of hydrogen-bond donors (Lipinski definition) is 1. The van der Waals surface area contributed by atoms with E-state index >= 15 is 0 Å². The monoisotopic (exact) mass is 258 g/mol. The highest BCUT2D eigenvalue weighted by molar-refractivity contribution is 5.84. The Balaban J connectivity index is 1.73. The van der Waals surface area contributed by atoms with Crippen molar-refractivity contribution in [2.24, 2.45) is 11.8 Å². The second-order valence-corrected chi connectivity index (χ2v) is 6.07. The summed E-state index contributed by atoms with van der Waals surface area (Å²) in [5.74, 6) is 1.77. The first kappa shape index (κ1) is 12.7. The average Bonchev–Trinajstić information content (AvgIpc) is 3.12. The molecule has 3 rings (SSSR count). The van der Waals surface area contributed by atoms with Crippen LogP contribution >= 0.6 is 0 Å². The number of fused-ring (bicyclic) bond motifs is 1. The second-order valence-electron chi connectivity index (χ2n) is 6.07. The van der Waals surface area contributed by atoms with Gasteiger partial charge in [0.25, 0.3) is 0 Å². The number of benzene rings is 1. The summed E-state index contributed by atoms with van der Waals surface area (Å²) in [4.78, 5) is 14.5. The van der Waals surface area contributed by atoms with E-state index in [-0.39, 0.29) is 11.8 Å². The molecule has 0 radical (unpaired) electrons. The molecule has 2 aliphatic rings. The summed E-state index contributed by atoms with van der Waals surface area (Å²) in [7, 11) is 1.95. The third-order valence-corrected chi connectivity index (χ3v) is 4.55. The van der Waals surface area contributed by atoms with E-state index in [2.05, 4.69) is 24.4 Å². The van der Waals surface area contributed by atoms with Gasteiger partial charge in [-0.2, -0.15) is 0 Å². The van der Waals surface area contributed by atoms with Crippen LogP contribution in [-0.2, 0) is 11.3 Å². The summed E-state index contributed by atoms with van der Waals surface area (Å²) >= 11 is 0. The van der Waals surface area contributed by atoms with Crippen LogP contribution < -0.4 is 5.32 Å². The maximum absolute atomic E-state index is 12.6. The Morgan fingerprint density at radius 2 is 2.16 bits per heavy atom. The number of likely N-dealkylation sites (N-methyl/N-ethyl adjacent to an activating group) is 1. The van der Waals surface area contributed by atoms with Gasteiger partial charge in [0.15, 0.2) is 0 Å². The molecule has 3 unspecified atom stereocenters. The van der Waals surface area contributed by atoms with Crippen molar-refractivity contribution in [3.63, 3.8) is 0 Å². The maximum atomic E-state index is 12.6. The van der Waals surface area contributed by atoms with Crippen LogP contribution in [0.2, 0.25) is 0 Å². The molecule has 0 aromatic heterocycles. The van der Waals surface area contributed by atoms with Gasteiger partial charge in [-0.15, -0.1) is 0 Å². The summed E-state index contributed by atoms with van der Waals surface area (Å²) < 4.78 is 0. The van der Waals surface area contributed by atoms with Gasteiger partial charge < -0.3 is 10.2 Å². The van der Waals surface area contributed by atoms with E-state index in [9.17, 15) is 4.79 Å². The van der Waals surface area contributed by atoms with Crippen LogP contribution in [0.5, 0.6) is 0 Å². The van der Waals surface area contributed by atoms with Crippen molar-refractivity contribution < 1.29 is 4.79 Å². The lowest BCUT2D eigenvalue weighted by Crippen LogP contribution is -2.40. The summed E-state index contributed by atoms with van der Waals surface area (Å²) in [6, 6.07) is 8.30. The first-order valence-corrected chi connectivity index (χ1v) is 7.20. The highest BCUT2D eigenvalue weighted by Crippen LogP contribution is 2.38. The van der Waals surface area contributed by atoms with Crippen LogP contribution in [0.3, 0.4) is 0 Å². The number of nitrogens with one attached hydrogen (secondary N) is 1. The number of rotatable bonds is 3. The summed E-state index contributed by atoms with van der Waals surface area (Å²) in [6.07, 6.45) is 1.27. The van der Waals surface area contributed by atoms with Crippen molar-refractivity contribution >= 4 is 5.91 Å². The van der Waals surface area contributed by atoms with Gasteiger partial charge in [0.2, 0.25) is 5.91 Å². The van der Waals surface area contributed by atoms with Gasteiger partial charge in [0, 0.05) is 26.7 Å². The summed E-state index contributed by atoms with van der Waals surface area (Å²) in [5.41, 5.74) is 2.47. The fraction of sp³-hybridized carbons (Fsp3) is 0.562. The lowest BCUT2D eigenvalue weighted by Gasteiger charge is -2.29. The van der Waals surface area contributed by atoms with Gasteiger partial charge in [-0.3, -0.25) is 4.79 Å². The predicted octanol–water partition coefficient (Wildman–Crippen LogP) is 1.99. The molecule has 3 atom stereocenters. The smallest absolute Gasteiger partial charge is 0.231 e. The van der Waals surface area contributed by atoms with E-state index in [4.69, 9.17) is 0 Å². The van der Waals surface area contributed by atoms with Crippen LogP contribution in [-0.4, -0.2) is 30.9 Å². The van der Waals surface area contributed by atoms with Crippen molar-refractivity contribution in [1.82, 2.24) is 10.2 Å². The van der Waals surface area contributed by atoms with Crippen molar-refractivity contribution in [3.8, 4) is 0 Å². The lowest BCUT2D eigenvalue weighted by molar-refractivity contribution is -0.131. The molecule has 1 aliphatic heterocycles. The Labute approximate surface area is 115 Å². The molecule has 1 aromatic rings. The molecule has 0 spiro atoms. The molecule has 0 bridgehead atoms. The molecule has 3 heteroatoms. The molecule has 1 N–H and O–H groups in total. The quantitative estimate of drug-likeness (QED) is 0.899. The molecule has 3 nitrogen and oxygen atoms in total. The molecular weight excluding hydrogens is 236 g/mol. The zero-order valence-corrected chi connectivity index (χ0v) is 11.7. The number of nitrogens with zero attached hydrogens (tertiary/aromatic N) is 1. The van der Waals surface area contributed by atoms with Crippen LogP contribution in [0.1, 0.15) is 30.4 Å². The first-order valence-electron chi connectivity index (χ1n) is 7.20. The minimum Gasteiger partial charge on any atom is -0.345 e. The average molecular weight is 258 g/mol. The Bertz CT molecular complexity index is 485. The Kier molecular flexibility index (Phi) is 3.31. The van der Waals surface area contributed by atoms with E-state index in [1.807, 2.05) is 24.1 Å². The fourth-order valence-corrected chi connectivity index (χ4v) is 3.08. The molecule has 1 aliphatic carbocycles. The first-order chi connectivity index (χ1) is 9.16. The van der Waals surface area contributed by atoms with E-state index in [0.29, 0.717) is 0 Å². The third-order valence-electron chi connectivity index (χ3n) is 4.55. The number of amides is 1. The predicted molar refractivity (Wildman–Crippen MR) is 75.8 cm³/mol. The number of carbonyl (C=O) groups is 1. The van der Waals surface area contributed by atoms with Crippen molar-refractivity contribution in [2.45, 2.75) is 25.8 Å². The maximum Gasteiger partial charge on any atom is 0.231 e. The highest BCUT2D eigenvalue weighted by Gasteiger charge is 2.36. The number of carbonyl (C=O) groups excluding carboxylic acids is 1. The third kappa shape index (κ3) is 2.52. The van der Waals surface area contributed by atoms with Gasteiger partial charge in [-0.05, 0) is 29.4 Å². The van der Waals surface area contributed by atoms with Gasteiger partial charge >= 0.3 is 0 Å². The minimum absolute atomic E-state index is 0.0102. The molecule has 19 heavy (non-hydrogen) atoms. The van der Waals surface area contributed by atoms with Crippen LogP contribution in [0.25, 0.3) is 0 Å². The molecule has 1 fully saturated rings. The number of hydrogen-bond acceptors (Lipinski definition) is 2. The summed E-state index contributed by atoms with van der Waals surface area (Å²) in [5, 5.41) is 3.36. The van der Waals surface area contributed by atoms with Crippen LogP contribution in [0, 0.1) is 11.8 Å². The normalized spacial score (nSPS) is 28.6. The Morgan fingerprint density at radius 3 is 2.89 bits per heavy atom. The summed E-state index contributed by atoms with van der Waals surface area (Å²) in [6.45, 7) is 4.82. The molecule has 1 saturated carbocycles. The van der Waals surface area contributed by atoms with Gasteiger partial charge in [-0.25, -0.2) is 0 Å². The molecule has 102 valence electrons. The van der Waals surface area contributed by atoms with Crippen molar-refractivity contribution in [3.05, 3.63) is 35.4 Å². The Hall–Kier alpha value is -1.35. The zero-order chi connectivity index (χ0) is 13.4. The molecule has 1 aromatic carbocycles. The molecule has 1 amide bonds. The van der Waals surface area contributed by atoms with Crippen LogP contribution in [0.4, 0.5) is 0 Å². The molecular formula is C16H22N2O. The zero-order valence-electron chi connectivity index (χ0n) is 11.7. The van der Waals surface area contributed by atoms with Gasteiger partial charge in [0.1, 0.15) is 0 Å². The van der Waals surface area contributed by atoms with Crippen molar-refractivity contribution in [1.29, 1.82) is 0 Å². The van der Waals surface area contributed by atoms with Crippen molar-refractivity contribution in [2.75, 3.05) is 20.1 Å². The fourth-order valence-electron chi connectivity index (χ4n) is 3.08.